The second-order valence-corrected chi connectivity index (χ2v) is 5.66. The molecule has 0 aromatic heterocycles. The summed E-state index contributed by atoms with van der Waals surface area (Å²) in [5, 5.41) is 20.8. The van der Waals surface area contributed by atoms with E-state index in [9.17, 15) is 23.5 Å². The zero-order valence-corrected chi connectivity index (χ0v) is 11.2. The van der Waals surface area contributed by atoms with E-state index in [4.69, 9.17) is 4.74 Å². The van der Waals surface area contributed by atoms with Crippen LogP contribution in [-0.2, 0) is 6.18 Å². The molecule has 0 radical (unpaired) electrons. The van der Waals surface area contributed by atoms with Gasteiger partial charge in [-0.3, -0.25) is 0 Å². The molecule has 2 fully saturated rings. The van der Waals surface area contributed by atoms with Gasteiger partial charge in [-0.1, -0.05) is 0 Å². The average molecular weight is 303 g/mol. The molecule has 0 aliphatic carbocycles. The molecule has 3 rings (SSSR count). The molecule has 2 aliphatic rings. The third-order valence-electron chi connectivity index (χ3n) is 4.23. The molecular weight excluding hydrogens is 287 g/mol. The molecule has 0 spiro atoms. The van der Waals surface area contributed by atoms with E-state index in [1.807, 2.05) is 0 Å². The molecule has 2 N–H and O–H groups in total. The monoisotopic (exact) mass is 303 g/mol. The number of fused-ring (bicyclic) bond motifs is 2. The second-order valence-electron chi connectivity index (χ2n) is 5.66. The standard InChI is InChI=1S/C14H16F3NO3/c15-14(16,17)8-1-4-13(12(19)5-8)21-11-6-9-2-3-10(7-11)18(9)20/h1,4-5,9-11,19-20H,2-3,6-7H2/t9-,10-/m1/s1. The minimum Gasteiger partial charge on any atom is -0.504 e. The van der Waals surface area contributed by atoms with Crippen LogP contribution < -0.4 is 4.74 Å². The maximum atomic E-state index is 12.5. The smallest absolute Gasteiger partial charge is 0.416 e. The lowest BCUT2D eigenvalue weighted by Gasteiger charge is -2.34. The lowest BCUT2D eigenvalue weighted by Crippen LogP contribution is -2.44. The third-order valence-corrected chi connectivity index (χ3v) is 4.23. The van der Waals surface area contributed by atoms with Gasteiger partial charge in [0, 0.05) is 24.9 Å². The van der Waals surface area contributed by atoms with Crippen LogP contribution in [0.25, 0.3) is 0 Å². The summed E-state index contributed by atoms with van der Waals surface area (Å²) in [4.78, 5) is 0. The Hall–Kier alpha value is -1.47. The van der Waals surface area contributed by atoms with Gasteiger partial charge in [0.15, 0.2) is 11.5 Å². The molecule has 116 valence electrons. The predicted octanol–water partition coefficient (Wildman–Crippen LogP) is 3.17. The Bertz CT molecular complexity index is 521. The van der Waals surface area contributed by atoms with Gasteiger partial charge in [0.05, 0.1) is 5.56 Å². The summed E-state index contributed by atoms with van der Waals surface area (Å²) in [5.41, 5.74) is -0.905. The third kappa shape index (κ3) is 2.80. The zero-order valence-electron chi connectivity index (χ0n) is 11.2. The van der Waals surface area contributed by atoms with Crippen molar-refractivity contribution in [3.8, 4) is 11.5 Å². The van der Waals surface area contributed by atoms with Gasteiger partial charge in [0.2, 0.25) is 0 Å². The van der Waals surface area contributed by atoms with Gasteiger partial charge in [0.1, 0.15) is 6.10 Å². The largest absolute Gasteiger partial charge is 0.504 e. The zero-order chi connectivity index (χ0) is 15.2. The highest BCUT2D eigenvalue weighted by atomic mass is 19.4. The van der Waals surface area contributed by atoms with Crippen LogP contribution in [0, 0.1) is 0 Å². The number of hydrogen-bond donors (Lipinski definition) is 2. The fourth-order valence-electron chi connectivity index (χ4n) is 3.17. The molecule has 2 heterocycles. The lowest BCUT2D eigenvalue weighted by atomic mass is 10.0. The van der Waals surface area contributed by atoms with Gasteiger partial charge in [-0.05, 0) is 31.0 Å². The molecule has 4 nitrogen and oxygen atoms in total. The van der Waals surface area contributed by atoms with Crippen LogP contribution in [0.3, 0.4) is 0 Å². The summed E-state index contributed by atoms with van der Waals surface area (Å²) in [7, 11) is 0. The number of rotatable bonds is 2. The van der Waals surface area contributed by atoms with Crippen molar-refractivity contribution in [2.75, 3.05) is 0 Å². The predicted molar refractivity (Wildman–Crippen MR) is 67.2 cm³/mol. The first-order valence-electron chi connectivity index (χ1n) is 6.88. The van der Waals surface area contributed by atoms with Gasteiger partial charge in [-0.25, -0.2) is 0 Å². The van der Waals surface area contributed by atoms with Gasteiger partial charge in [-0.2, -0.15) is 18.2 Å². The number of ether oxygens (including phenoxy) is 1. The lowest BCUT2D eigenvalue weighted by molar-refractivity contribution is -0.164. The average Bonchev–Trinajstić information content (AvgIpc) is 2.62. The van der Waals surface area contributed by atoms with Gasteiger partial charge in [-0.15, -0.1) is 0 Å². The fourth-order valence-corrected chi connectivity index (χ4v) is 3.17. The summed E-state index contributed by atoms with van der Waals surface area (Å²) in [6.07, 6.45) is -1.70. The molecule has 21 heavy (non-hydrogen) atoms. The van der Waals surface area contributed by atoms with E-state index in [0.717, 1.165) is 25.0 Å². The van der Waals surface area contributed by atoms with Crippen molar-refractivity contribution in [3.63, 3.8) is 0 Å². The summed E-state index contributed by atoms with van der Waals surface area (Å²) in [6, 6.07) is 2.78. The number of benzene rings is 1. The minimum atomic E-state index is -4.49. The number of piperidine rings is 1. The van der Waals surface area contributed by atoms with Crippen molar-refractivity contribution >= 4 is 0 Å². The van der Waals surface area contributed by atoms with E-state index in [1.165, 1.54) is 5.06 Å². The number of halogens is 3. The van der Waals surface area contributed by atoms with Gasteiger partial charge in [0.25, 0.3) is 0 Å². The van der Waals surface area contributed by atoms with Crippen molar-refractivity contribution in [3.05, 3.63) is 23.8 Å². The highest BCUT2D eigenvalue weighted by molar-refractivity contribution is 5.42. The fraction of sp³-hybridized carbons (Fsp3) is 0.571. The van der Waals surface area contributed by atoms with Crippen molar-refractivity contribution in [2.45, 2.75) is 50.0 Å². The first kappa shape index (κ1) is 14.5. The highest BCUT2D eigenvalue weighted by Crippen LogP contribution is 2.39. The van der Waals surface area contributed by atoms with Gasteiger partial charge < -0.3 is 15.1 Å². The van der Waals surface area contributed by atoms with E-state index in [0.29, 0.717) is 18.9 Å². The number of phenolic OH excluding ortho intramolecular Hbond substituents is 1. The van der Waals surface area contributed by atoms with E-state index in [1.54, 1.807) is 0 Å². The first-order valence-corrected chi connectivity index (χ1v) is 6.88. The Morgan fingerprint density at radius 1 is 1.14 bits per heavy atom. The minimum absolute atomic E-state index is 0.0327. The van der Waals surface area contributed by atoms with Gasteiger partial charge >= 0.3 is 6.18 Å². The molecule has 0 unspecified atom stereocenters. The molecule has 2 aliphatic heterocycles. The molecule has 1 aromatic carbocycles. The quantitative estimate of drug-likeness (QED) is 0.881. The van der Waals surface area contributed by atoms with Crippen LogP contribution in [0.1, 0.15) is 31.2 Å². The Labute approximate surface area is 119 Å². The Kier molecular flexibility index (Phi) is 3.49. The molecule has 2 bridgehead atoms. The number of nitrogens with zero attached hydrogens (tertiary/aromatic N) is 1. The second kappa shape index (κ2) is 5.06. The number of phenols is 1. The first-order chi connectivity index (χ1) is 9.84. The highest BCUT2D eigenvalue weighted by Gasteiger charge is 2.41. The number of hydrogen-bond acceptors (Lipinski definition) is 4. The van der Waals surface area contributed by atoms with Crippen LogP contribution in [0.4, 0.5) is 13.2 Å². The summed E-state index contributed by atoms with van der Waals surface area (Å²) < 4.78 is 43.2. The topological polar surface area (TPSA) is 52.9 Å². The molecule has 2 saturated heterocycles. The van der Waals surface area contributed by atoms with Crippen molar-refractivity contribution in [1.82, 2.24) is 5.06 Å². The van der Waals surface area contributed by atoms with E-state index < -0.39 is 17.5 Å². The van der Waals surface area contributed by atoms with E-state index >= 15 is 0 Å². The summed E-state index contributed by atoms with van der Waals surface area (Å²) in [6.45, 7) is 0. The Balaban J connectivity index is 1.71. The summed E-state index contributed by atoms with van der Waals surface area (Å²) in [5.74, 6) is -0.456. The van der Waals surface area contributed by atoms with Crippen LogP contribution in [0.2, 0.25) is 0 Å². The Morgan fingerprint density at radius 2 is 1.76 bits per heavy atom. The van der Waals surface area contributed by atoms with Crippen LogP contribution >= 0.6 is 0 Å². The van der Waals surface area contributed by atoms with Crippen LogP contribution in [0.15, 0.2) is 18.2 Å². The Morgan fingerprint density at radius 3 is 2.29 bits per heavy atom. The van der Waals surface area contributed by atoms with Crippen LogP contribution in [-0.4, -0.2) is 33.6 Å². The maximum Gasteiger partial charge on any atom is 0.416 e. The molecule has 0 amide bonds. The SMILES string of the molecule is Oc1cc(C(F)(F)F)ccc1OC1C[C@H]2CC[C@H](C1)N2O. The summed E-state index contributed by atoms with van der Waals surface area (Å²) >= 11 is 0. The molecular formula is C14H16F3NO3. The molecule has 7 heteroatoms. The number of alkyl halides is 3. The van der Waals surface area contributed by atoms with Crippen molar-refractivity contribution < 1.29 is 28.2 Å². The maximum absolute atomic E-state index is 12.5. The molecule has 2 atom stereocenters. The number of hydroxylamine groups is 2. The number of aromatic hydroxyl groups is 1. The van der Waals surface area contributed by atoms with E-state index in [-0.39, 0.29) is 23.9 Å². The molecule has 0 saturated carbocycles. The van der Waals surface area contributed by atoms with E-state index in [2.05, 4.69) is 0 Å². The molecule has 1 aromatic rings. The van der Waals surface area contributed by atoms with Crippen LogP contribution in [0.5, 0.6) is 11.5 Å². The van der Waals surface area contributed by atoms with Crippen molar-refractivity contribution in [2.24, 2.45) is 0 Å². The normalized spacial score (nSPS) is 29.6. The van der Waals surface area contributed by atoms with Crippen molar-refractivity contribution in [1.29, 1.82) is 0 Å².